The number of rotatable bonds is 36. The van der Waals surface area contributed by atoms with Gasteiger partial charge in [0.05, 0.1) is 60.0 Å². The monoisotopic (exact) mass is 1420 g/mol. The van der Waals surface area contributed by atoms with Crippen LogP contribution in [0.1, 0.15) is 183 Å². The first-order valence-corrected chi connectivity index (χ1v) is 36.5. The molecule has 7 aromatic rings. The smallest absolute Gasteiger partial charge is 0.496 e. The number of aromatic nitrogens is 6. The zero-order chi connectivity index (χ0) is 70.0. The summed E-state index contributed by atoms with van der Waals surface area (Å²) in [5.41, 5.74) is 12.8. The van der Waals surface area contributed by atoms with Gasteiger partial charge in [-0.2, -0.15) is 26.0 Å². The van der Waals surface area contributed by atoms with E-state index >= 15 is 4.57 Å². The summed E-state index contributed by atoms with van der Waals surface area (Å²) >= 11 is 14.8. The minimum absolute atomic E-state index is 0.00742. The number of fused-ring (bicyclic) bond motifs is 4. The van der Waals surface area contributed by atoms with E-state index in [1.165, 1.54) is 109 Å². The van der Waals surface area contributed by atoms with E-state index in [0.717, 1.165) is 25.7 Å². The van der Waals surface area contributed by atoms with Crippen molar-refractivity contribution in [3.05, 3.63) is 135 Å². The summed E-state index contributed by atoms with van der Waals surface area (Å²) in [6.07, 6.45) is 15.9. The van der Waals surface area contributed by atoms with Gasteiger partial charge in [-0.15, -0.1) is 0 Å². The van der Waals surface area contributed by atoms with Crippen LogP contribution in [0, 0.1) is 34.0 Å². The largest absolute Gasteiger partial charge is 0.587 e. The second-order valence-corrected chi connectivity index (χ2v) is 29.0. The van der Waals surface area contributed by atoms with Gasteiger partial charge in [0.1, 0.15) is 84.3 Å². The highest BCUT2D eigenvalue weighted by atomic mass is 35.5. The first-order valence-electron chi connectivity index (χ1n) is 34.3. The molecule has 0 spiro atoms. The van der Waals surface area contributed by atoms with Crippen LogP contribution >= 0.6 is 31.0 Å². The number of benzene rings is 3. The average molecular weight is 1420 g/mol. The molecule has 9 atom stereocenters. The molecule has 4 aliphatic rings. The molecule has 24 nitrogen and oxygen atoms in total. The molecule has 0 bridgehead atoms. The van der Waals surface area contributed by atoms with Crippen LogP contribution in [-0.2, 0) is 66.4 Å². The number of nitrogens with two attached hydrogens (primary N) is 2. The Bertz CT molecular complexity index is 3920. The molecule has 4 aromatic heterocycles. The summed E-state index contributed by atoms with van der Waals surface area (Å²) in [7, 11) is -3.54. The van der Waals surface area contributed by atoms with Gasteiger partial charge < -0.3 is 63.1 Å². The Kier molecular flexibility index (Phi) is 23.8. The molecule has 4 saturated heterocycles. The Morgan fingerprint density at radius 2 is 1.07 bits per heavy atom. The molecular weight excluding hydrogens is 1330 g/mol. The number of nitriles is 3. The van der Waals surface area contributed by atoms with E-state index in [9.17, 15) is 15.8 Å². The normalized spacial score (nSPS) is 23.2. The maximum atomic E-state index is 16.1. The molecule has 11 rings (SSSR count). The number of phosphoric ester groups is 1. The van der Waals surface area contributed by atoms with Gasteiger partial charge in [0, 0.05) is 25.0 Å². The number of anilines is 2. The number of unbranched alkanes of at least 4 members (excludes halogenated alkanes) is 15. The average Bonchev–Trinajstić information content (AvgIpc) is 1.58. The zero-order valence-electron chi connectivity index (χ0n) is 56.9. The lowest BCUT2D eigenvalue weighted by molar-refractivity contribution is -0.200. The van der Waals surface area contributed by atoms with Crippen molar-refractivity contribution in [3.8, 4) is 35.5 Å². The molecule has 0 radical (unpaired) electrons. The zero-order valence-corrected chi connectivity index (χ0v) is 59.4. The van der Waals surface area contributed by atoms with Crippen LogP contribution in [0.25, 0.3) is 11.0 Å². The number of nitrogens with zero attached hydrogens (tertiary/aromatic N) is 9. The summed E-state index contributed by atoms with van der Waals surface area (Å²) < 4.78 is 96.6. The Balaban J connectivity index is 0.848. The first kappa shape index (κ1) is 73.1. The van der Waals surface area contributed by atoms with Gasteiger partial charge in [0.25, 0.3) is 0 Å². The molecule has 4 N–H and O–H groups in total. The fourth-order valence-corrected chi connectivity index (χ4v) is 15.5. The highest BCUT2D eigenvalue weighted by molar-refractivity contribution is 7.49. The molecule has 99 heavy (non-hydrogen) atoms. The molecule has 4 fully saturated rings. The summed E-state index contributed by atoms with van der Waals surface area (Å²) in [5.74, 6) is -1.69. The van der Waals surface area contributed by atoms with Crippen LogP contribution in [0.4, 0.5) is 11.6 Å². The standard InChI is InChI=1S/C72H88Cl2N11O13P/c1-7-8-9-10-11-12-13-14-15-16-17-18-19-20-21-22-35-88-41-51(89-40-50-30-29-47(39-75)36-58(50)87-6)42-90-99(86,97-56-27-23-25-48(59(56)73)37-71(43-76)65-63(91-69(2,3)95-65)61(93-71)52-31-33-54-67(78)80-45-82-84(52)54)98-57-28-24-26-49(60(57)74)38-72(44-77)66-64(92-70(4,5)96-66)62(94-72)53-32-34-55-68(79)81-46-83-85(53)55/h23-34,36,45-46,51,61-66H,7-22,35,37-38,40-42H2,1-6H3,(H2,78,80,82)(H2,79,81,83)/t51?,61-,62-,63-,64-,65-,66-,71-,72-/m1/s1. The van der Waals surface area contributed by atoms with Crippen LogP contribution in [0.3, 0.4) is 0 Å². The van der Waals surface area contributed by atoms with Gasteiger partial charge in [0.2, 0.25) is 0 Å². The van der Waals surface area contributed by atoms with Crippen molar-refractivity contribution in [2.24, 2.45) is 0 Å². The van der Waals surface area contributed by atoms with Crippen LogP contribution in [0.5, 0.6) is 17.2 Å². The molecule has 4 aliphatic heterocycles. The maximum Gasteiger partial charge on any atom is 0.587 e. The van der Waals surface area contributed by atoms with Crippen LogP contribution in [0.2, 0.25) is 10.0 Å². The second kappa shape index (κ2) is 32.2. The molecule has 8 heterocycles. The molecule has 0 aliphatic carbocycles. The highest BCUT2D eigenvalue weighted by Crippen LogP contribution is 2.57. The van der Waals surface area contributed by atoms with E-state index in [0.29, 0.717) is 57.0 Å². The van der Waals surface area contributed by atoms with E-state index < -0.39 is 79.9 Å². The molecule has 3 aromatic carbocycles. The van der Waals surface area contributed by atoms with Crippen LogP contribution < -0.4 is 25.3 Å². The number of hydrogen-bond donors (Lipinski definition) is 2. The summed E-state index contributed by atoms with van der Waals surface area (Å²) in [4.78, 5) is 8.27. The van der Waals surface area contributed by atoms with Gasteiger partial charge >= 0.3 is 7.82 Å². The third kappa shape index (κ3) is 16.8. The van der Waals surface area contributed by atoms with Gasteiger partial charge in [-0.1, -0.05) is 157 Å². The van der Waals surface area contributed by atoms with E-state index in [2.05, 4.69) is 45.3 Å². The molecule has 0 saturated carbocycles. The van der Waals surface area contributed by atoms with E-state index in [1.807, 2.05) is 0 Å². The summed E-state index contributed by atoms with van der Waals surface area (Å²) in [6, 6.07) is 28.6. The first-order chi connectivity index (χ1) is 47.7. The predicted octanol–water partition coefficient (Wildman–Crippen LogP) is 14.8. The molecular formula is C72H88Cl2N11O13P. The Hall–Kier alpha value is -7.18. The van der Waals surface area contributed by atoms with E-state index in [4.69, 9.17) is 90.9 Å². The van der Waals surface area contributed by atoms with Gasteiger partial charge in [-0.3, -0.25) is 4.52 Å². The van der Waals surface area contributed by atoms with Gasteiger partial charge in [0.15, 0.2) is 45.9 Å². The van der Waals surface area contributed by atoms with E-state index in [-0.39, 0.29) is 59.2 Å². The maximum absolute atomic E-state index is 16.1. The highest BCUT2D eigenvalue weighted by Gasteiger charge is 2.66. The quantitative estimate of drug-likeness (QED) is 0.0272. The fraction of sp³-hybridized carbons (Fsp3) is 0.542. The summed E-state index contributed by atoms with van der Waals surface area (Å²) in [6.45, 7) is 9.21. The number of hydrogen-bond acceptors (Lipinski definition) is 22. The summed E-state index contributed by atoms with van der Waals surface area (Å²) in [5, 5.41) is 41.0. The minimum Gasteiger partial charge on any atom is -0.496 e. The van der Waals surface area contributed by atoms with E-state index in [1.54, 1.807) is 103 Å². The van der Waals surface area contributed by atoms with Crippen molar-refractivity contribution in [1.29, 1.82) is 15.8 Å². The predicted molar refractivity (Wildman–Crippen MR) is 369 cm³/mol. The van der Waals surface area contributed by atoms with Crippen molar-refractivity contribution >= 4 is 53.7 Å². The second-order valence-electron chi connectivity index (χ2n) is 26.7. The lowest BCUT2D eigenvalue weighted by Gasteiger charge is -2.30. The third-order valence-corrected chi connectivity index (χ3v) is 20.8. The van der Waals surface area contributed by atoms with Gasteiger partial charge in [-0.05, 0) is 93.8 Å². The topological polar surface area (TPSA) is 312 Å². The lowest BCUT2D eigenvalue weighted by atomic mass is 9.88. The fourth-order valence-electron chi connectivity index (χ4n) is 13.7. The van der Waals surface area contributed by atoms with Crippen molar-refractivity contribution < 1.29 is 60.8 Å². The number of ether oxygens (including phenoxy) is 9. The number of methoxy groups -OCH3 is 1. The number of phosphoric acid groups is 1. The Morgan fingerprint density at radius 1 is 0.596 bits per heavy atom. The molecule has 528 valence electrons. The van der Waals surface area contributed by atoms with Crippen LogP contribution in [0.15, 0.2) is 91.5 Å². The molecule has 0 amide bonds. The molecule has 27 heteroatoms. The van der Waals surface area contributed by atoms with Gasteiger partial charge in [-0.25, -0.2) is 23.6 Å². The Labute approximate surface area is 587 Å². The molecule has 1 unspecified atom stereocenters. The van der Waals surface area contributed by atoms with Crippen molar-refractivity contribution in [3.63, 3.8) is 0 Å². The van der Waals surface area contributed by atoms with Crippen molar-refractivity contribution in [1.82, 2.24) is 29.2 Å². The van der Waals surface area contributed by atoms with Crippen molar-refractivity contribution in [2.45, 2.75) is 222 Å². The SMILES string of the molecule is CCCCCCCCCCCCCCCCCCOCC(COP(=O)(Oc1cccc(C[C@]2(C#N)O[C@H](c3ccc4c(N)ncnn34)[C@H]3OC(C)(C)O[C@H]32)c1Cl)Oc1cccc(C[C@]2(C#N)O[C@H](c3ccc4c(N)ncnn34)[C@H]3OC(C)(C)O[C@H]32)c1Cl)OCc1ccc(C#N)cc1OC. The third-order valence-electron chi connectivity index (χ3n) is 18.6. The number of halogens is 2. The lowest BCUT2D eigenvalue weighted by Crippen LogP contribution is -2.44. The number of nitrogen functional groups attached to an aromatic ring is 2. The van der Waals surface area contributed by atoms with Crippen LogP contribution in [-0.4, -0.2) is 109 Å². The minimum atomic E-state index is -5.04. The Morgan fingerprint density at radius 3 is 1.53 bits per heavy atom. The van der Waals surface area contributed by atoms with Crippen molar-refractivity contribution in [2.75, 3.05) is 38.4 Å².